The van der Waals surface area contributed by atoms with Gasteiger partial charge in [0.2, 0.25) is 5.91 Å². The number of amides is 1. The van der Waals surface area contributed by atoms with E-state index in [0.29, 0.717) is 12.1 Å². The molecule has 3 N–H and O–H groups in total. The van der Waals surface area contributed by atoms with Gasteiger partial charge in [0.05, 0.1) is 18.3 Å². The highest BCUT2D eigenvalue weighted by Crippen LogP contribution is 2.19. The number of fused-ring (bicyclic) bond motifs is 1. The fraction of sp³-hybridized carbons (Fsp3) is 0.130. The molecule has 0 spiro atoms. The molecule has 2 aromatic heterocycles. The molecule has 5 heteroatoms. The molecule has 0 fully saturated rings. The van der Waals surface area contributed by atoms with Crippen molar-refractivity contribution in [1.29, 1.82) is 0 Å². The summed E-state index contributed by atoms with van der Waals surface area (Å²) >= 11 is 0. The maximum atomic E-state index is 12.4. The lowest BCUT2D eigenvalue weighted by molar-refractivity contribution is -0.115. The normalized spacial score (nSPS) is 10.7. The summed E-state index contributed by atoms with van der Waals surface area (Å²) in [4.78, 5) is 19.9. The topological polar surface area (TPSA) is 69.8 Å². The number of carbonyl (C=O) groups excluding carboxylic acids is 1. The van der Waals surface area contributed by atoms with Crippen LogP contribution in [-0.2, 0) is 17.6 Å². The number of anilines is 2. The number of H-pyrrole nitrogens is 1. The molecule has 0 bridgehead atoms. The van der Waals surface area contributed by atoms with Crippen LogP contribution in [0.1, 0.15) is 11.1 Å². The molecule has 2 heterocycles. The van der Waals surface area contributed by atoms with Crippen molar-refractivity contribution in [1.82, 2.24) is 9.97 Å². The van der Waals surface area contributed by atoms with Gasteiger partial charge in [-0.15, -0.1) is 0 Å². The van der Waals surface area contributed by atoms with Gasteiger partial charge in [-0.25, -0.2) is 4.98 Å². The second-order valence-corrected chi connectivity index (χ2v) is 6.68. The monoisotopic (exact) mass is 370 g/mol. The maximum absolute atomic E-state index is 12.4. The minimum Gasteiger partial charge on any atom is -0.370 e. The molecular weight excluding hydrogens is 348 g/mol. The Bertz CT molecular complexity index is 1050. The summed E-state index contributed by atoms with van der Waals surface area (Å²) in [6.45, 7) is 0.809. The molecule has 0 aliphatic rings. The van der Waals surface area contributed by atoms with E-state index < -0.39 is 0 Å². The fourth-order valence-corrected chi connectivity index (χ4v) is 3.21. The molecule has 0 aliphatic carbocycles. The van der Waals surface area contributed by atoms with E-state index in [0.717, 1.165) is 35.2 Å². The molecule has 2 aromatic carbocycles. The third-order valence-electron chi connectivity index (χ3n) is 4.64. The van der Waals surface area contributed by atoms with Crippen molar-refractivity contribution in [2.45, 2.75) is 12.8 Å². The van der Waals surface area contributed by atoms with Gasteiger partial charge in [0, 0.05) is 23.6 Å². The van der Waals surface area contributed by atoms with Crippen molar-refractivity contribution in [2.24, 2.45) is 0 Å². The summed E-state index contributed by atoms with van der Waals surface area (Å²) in [5.74, 6) is 0.738. The number of carbonyl (C=O) groups is 1. The Morgan fingerprint density at radius 3 is 2.61 bits per heavy atom. The Morgan fingerprint density at radius 2 is 1.79 bits per heavy atom. The molecule has 140 valence electrons. The van der Waals surface area contributed by atoms with E-state index in [1.807, 2.05) is 60.8 Å². The molecular formula is C23H22N4O. The van der Waals surface area contributed by atoms with E-state index in [9.17, 15) is 4.79 Å². The Hall–Kier alpha value is -3.60. The van der Waals surface area contributed by atoms with Crippen molar-refractivity contribution < 1.29 is 4.79 Å². The van der Waals surface area contributed by atoms with E-state index in [1.54, 1.807) is 6.20 Å². The molecule has 4 rings (SSSR count). The number of aromatic nitrogens is 2. The van der Waals surface area contributed by atoms with Gasteiger partial charge < -0.3 is 15.6 Å². The number of hydrogen-bond acceptors (Lipinski definition) is 3. The SMILES string of the molecule is O=C(Cc1c[nH]c2ccccc12)Nc1ccc(NCCc2ccccc2)nc1. The second-order valence-electron chi connectivity index (χ2n) is 6.68. The third kappa shape index (κ3) is 4.38. The number of benzene rings is 2. The zero-order valence-corrected chi connectivity index (χ0v) is 15.5. The Morgan fingerprint density at radius 1 is 0.964 bits per heavy atom. The van der Waals surface area contributed by atoms with Crippen molar-refractivity contribution >= 4 is 28.3 Å². The van der Waals surface area contributed by atoms with Crippen LogP contribution in [0.4, 0.5) is 11.5 Å². The Labute approximate surface area is 163 Å². The van der Waals surface area contributed by atoms with Crippen LogP contribution in [0.15, 0.2) is 79.1 Å². The first-order valence-electron chi connectivity index (χ1n) is 9.36. The zero-order chi connectivity index (χ0) is 19.2. The summed E-state index contributed by atoms with van der Waals surface area (Å²) in [5.41, 5.74) is 4.01. The number of hydrogen-bond donors (Lipinski definition) is 3. The van der Waals surface area contributed by atoms with Crippen LogP contribution in [0.5, 0.6) is 0 Å². The van der Waals surface area contributed by atoms with Gasteiger partial charge in [-0.3, -0.25) is 4.79 Å². The van der Waals surface area contributed by atoms with Crippen molar-refractivity contribution in [3.8, 4) is 0 Å². The minimum atomic E-state index is -0.0589. The molecule has 0 unspecified atom stereocenters. The lowest BCUT2D eigenvalue weighted by atomic mass is 10.1. The number of para-hydroxylation sites is 1. The first-order valence-corrected chi connectivity index (χ1v) is 9.36. The molecule has 0 aliphatic heterocycles. The standard InChI is InChI=1S/C23H22N4O/c28-23(14-18-15-25-21-9-5-4-8-20(18)21)27-19-10-11-22(26-16-19)24-13-12-17-6-2-1-3-7-17/h1-11,15-16,25H,12-14H2,(H,24,26)(H,27,28). The Balaban J connectivity index is 1.29. The van der Waals surface area contributed by atoms with Gasteiger partial charge in [-0.2, -0.15) is 0 Å². The molecule has 0 saturated heterocycles. The number of pyridine rings is 1. The van der Waals surface area contributed by atoms with E-state index >= 15 is 0 Å². The summed E-state index contributed by atoms with van der Waals surface area (Å²) in [6.07, 6.45) is 4.83. The van der Waals surface area contributed by atoms with Crippen molar-refractivity contribution in [2.75, 3.05) is 17.2 Å². The van der Waals surface area contributed by atoms with Crippen LogP contribution < -0.4 is 10.6 Å². The molecule has 28 heavy (non-hydrogen) atoms. The predicted octanol–water partition coefficient (Wildman–Crippen LogP) is 4.40. The highest BCUT2D eigenvalue weighted by Gasteiger charge is 2.09. The lowest BCUT2D eigenvalue weighted by Crippen LogP contribution is -2.14. The van der Waals surface area contributed by atoms with Gasteiger partial charge in [-0.1, -0.05) is 48.5 Å². The molecule has 0 atom stereocenters. The van der Waals surface area contributed by atoms with Crippen LogP contribution in [0.2, 0.25) is 0 Å². The number of aromatic amines is 1. The highest BCUT2D eigenvalue weighted by molar-refractivity contribution is 5.95. The first-order chi connectivity index (χ1) is 13.8. The van der Waals surface area contributed by atoms with Crippen LogP contribution in [0.25, 0.3) is 10.9 Å². The van der Waals surface area contributed by atoms with Crippen molar-refractivity contribution in [3.05, 3.63) is 90.3 Å². The number of nitrogens with one attached hydrogen (secondary N) is 3. The largest absolute Gasteiger partial charge is 0.370 e. The Kier molecular flexibility index (Phi) is 5.33. The van der Waals surface area contributed by atoms with Crippen LogP contribution in [0.3, 0.4) is 0 Å². The van der Waals surface area contributed by atoms with Gasteiger partial charge in [-0.05, 0) is 35.7 Å². The second kappa shape index (κ2) is 8.39. The predicted molar refractivity (Wildman–Crippen MR) is 114 cm³/mol. The van der Waals surface area contributed by atoms with E-state index in [2.05, 4.69) is 32.7 Å². The lowest BCUT2D eigenvalue weighted by Gasteiger charge is -2.08. The zero-order valence-electron chi connectivity index (χ0n) is 15.5. The van der Waals surface area contributed by atoms with Crippen LogP contribution in [-0.4, -0.2) is 22.4 Å². The van der Waals surface area contributed by atoms with Crippen LogP contribution in [0, 0.1) is 0 Å². The molecule has 4 aromatic rings. The fourth-order valence-electron chi connectivity index (χ4n) is 3.21. The molecule has 0 saturated carbocycles. The van der Waals surface area contributed by atoms with Crippen molar-refractivity contribution in [3.63, 3.8) is 0 Å². The third-order valence-corrected chi connectivity index (χ3v) is 4.64. The van der Waals surface area contributed by atoms with Gasteiger partial charge >= 0.3 is 0 Å². The summed E-state index contributed by atoms with van der Waals surface area (Å²) in [6, 6.07) is 22.1. The minimum absolute atomic E-state index is 0.0589. The molecule has 5 nitrogen and oxygen atoms in total. The molecule has 1 amide bonds. The summed E-state index contributed by atoms with van der Waals surface area (Å²) in [7, 11) is 0. The average molecular weight is 370 g/mol. The van der Waals surface area contributed by atoms with Crippen LogP contribution >= 0.6 is 0 Å². The van der Waals surface area contributed by atoms with E-state index in [-0.39, 0.29) is 5.91 Å². The summed E-state index contributed by atoms with van der Waals surface area (Å²) in [5, 5.41) is 7.29. The first kappa shape index (κ1) is 17.8. The quantitative estimate of drug-likeness (QED) is 0.452. The number of rotatable bonds is 7. The van der Waals surface area contributed by atoms with Gasteiger partial charge in [0.25, 0.3) is 0 Å². The maximum Gasteiger partial charge on any atom is 0.228 e. The number of nitrogens with zero attached hydrogens (tertiary/aromatic N) is 1. The van der Waals surface area contributed by atoms with E-state index in [1.165, 1.54) is 5.56 Å². The molecule has 0 radical (unpaired) electrons. The van der Waals surface area contributed by atoms with Gasteiger partial charge in [0.1, 0.15) is 5.82 Å². The smallest absolute Gasteiger partial charge is 0.228 e. The summed E-state index contributed by atoms with van der Waals surface area (Å²) < 4.78 is 0. The average Bonchev–Trinajstić information content (AvgIpc) is 3.13. The van der Waals surface area contributed by atoms with E-state index in [4.69, 9.17) is 0 Å². The van der Waals surface area contributed by atoms with Gasteiger partial charge in [0.15, 0.2) is 0 Å². The highest BCUT2D eigenvalue weighted by atomic mass is 16.1.